The van der Waals surface area contributed by atoms with Crippen molar-refractivity contribution < 1.29 is 9.53 Å². The molecule has 0 aromatic heterocycles. The Labute approximate surface area is 162 Å². The molecule has 0 aliphatic carbocycles. The van der Waals surface area contributed by atoms with Crippen molar-refractivity contribution in [2.75, 3.05) is 25.1 Å². The molecule has 0 saturated carbocycles. The van der Waals surface area contributed by atoms with Crippen molar-refractivity contribution in [1.82, 2.24) is 5.43 Å². The number of methoxy groups -OCH3 is 1. The van der Waals surface area contributed by atoms with E-state index in [1.807, 2.05) is 12.1 Å². The van der Waals surface area contributed by atoms with E-state index in [1.165, 1.54) is 5.69 Å². The lowest BCUT2D eigenvalue weighted by atomic mass is 10.2. The highest BCUT2D eigenvalue weighted by atomic mass is 127. The second kappa shape index (κ2) is 9.41. The Bertz CT molecular complexity index is 741. The molecule has 2 aromatic rings. The van der Waals surface area contributed by atoms with Crippen LogP contribution in [0.2, 0.25) is 0 Å². The van der Waals surface area contributed by atoms with Gasteiger partial charge in [-0.3, -0.25) is 4.79 Å². The number of nitrogens with zero attached hydrogens (tertiary/aromatic N) is 2. The van der Waals surface area contributed by atoms with Crippen LogP contribution in [-0.4, -0.2) is 32.3 Å². The zero-order chi connectivity index (χ0) is 18.2. The van der Waals surface area contributed by atoms with Crippen molar-refractivity contribution in [2.24, 2.45) is 5.10 Å². The van der Waals surface area contributed by atoms with Crippen molar-refractivity contribution in [1.29, 1.82) is 0 Å². The molecule has 0 saturated heterocycles. The summed E-state index contributed by atoms with van der Waals surface area (Å²) in [5, 5.41) is 4.03. The molecule has 2 aromatic carbocycles. The van der Waals surface area contributed by atoms with Gasteiger partial charge in [0.1, 0.15) is 5.75 Å². The number of nitrogens with one attached hydrogen (secondary N) is 1. The van der Waals surface area contributed by atoms with Gasteiger partial charge in [-0.2, -0.15) is 5.10 Å². The van der Waals surface area contributed by atoms with E-state index in [0.29, 0.717) is 5.56 Å². The number of hydrogen-bond acceptors (Lipinski definition) is 4. The summed E-state index contributed by atoms with van der Waals surface area (Å²) >= 11 is 2.13. The average Bonchev–Trinajstić information content (AvgIpc) is 2.63. The lowest BCUT2D eigenvalue weighted by Crippen LogP contribution is -2.21. The van der Waals surface area contributed by atoms with E-state index in [4.69, 9.17) is 4.74 Å². The number of hydrazone groups is 1. The Balaban J connectivity index is 1.98. The molecule has 0 aliphatic heterocycles. The molecular formula is C19H22IN3O2. The summed E-state index contributed by atoms with van der Waals surface area (Å²) in [5.41, 5.74) is 5.20. The number of anilines is 1. The lowest BCUT2D eigenvalue weighted by Gasteiger charge is -2.20. The minimum absolute atomic E-state index is 0.253. The van der Waals surface area contributed by atoms with Gasteiger partial charge in [-0.25, -0.2) is 5.43 Å². The molecule has 25 heavy (non-hydrogen) atoms. The Kier molecular flexibility index (Phi) is 7.24. The van der Waals surface area contributed by atoms with Crippen LogP contribution in [-0.2, 0) is 0 Å². The van der Waals surface area contributed by atoms with E-state index in [0.717, 1.165) is 28.0 Å². The summed E-state index contributed by atoms with van der Waals surface area (Å²) in [7, 11) is 1.60. The van der Waals surface area contributed by atoms with E-state index in [1.54, 1.807) is 31.5 Å². The first kappa shape index (κ1) is 19.2. The van der Waals surface area contributed by atoms with Crippen molar-refractivity contribution >= 4 is 40.4 Å². The fourth-order valence-electron chi connectivity index (χ4n) is 2.40. The van der Waals surface area contributed by atoms with Gasteiger partial charge < -0.3 is 9.64 Å². The predicted molar refractivity (Wildman–Crippen MR) is 111 cm³/mol. The highest BCUT2D eigenvalue weighted by molar-refractivity contribution is 14.1. The van der Waals surface area contributed by atoms with Gasteiger partial charge in [0, 0.05) is 24.3 Å². The fraction of sp³-hybridized carbons (Fsp3) is 0.263. The Hall–Kier alpha value is -2.09. The maximum atomic E-state index is 12.1. The molecular weight excluding hydrogens is 429 g/mol. The number of carbonyl (C=O) groups is 1. The third-order valence-corrected chi connectivity index (χ3v) is 4.66. The van der Waals surface area contributed by atoms with E-state index >= 15 is 0 Å². The van der Waals surface area contributed by atoms with Crippen LogP contribution in [0, 0.1) is 3.57 Å². The molecule has 0 atom stereocenters. The number of benzene rings is 2. The normalized spacial score (nSPS) is 10.7. The number of carbonyl (C=O) groups excluding carboxylic acids is 1. The van der Waals surface area contributed by atoms with Gasteiger partial charge in [-0.05, 0) is 72.3 Å². The van der Waals surface area contributed by atoms with Gasteiger partial charge in [-0.1, -0.05) is 12.1 Å². The number of halogens is 1. The maximum Gasteiger partial charge on any atom is 0.271 e. The maximum absolute atomic E-state index is 12.1. The van der Waals surface area contributed by atoms with Crippen LogP contribution < -0.4 is 15.1 Å². The standard InChI is InChI=1S/C19H22IN3O2/c1-4-23(5-2)16-9-6-14(7-10-16)13-21-22-19(24)15-8-11-18(25-3)17(20)12-15/h6-13H,4-5H2,1-3H3,(H,22,24)/b21-13-. The second-order valence-electron chi connectivity index (χ2n) is 5.31. The fourth-order valence-corrected chi connectivity index (χ4v) is 3.13. The van der Waals surface area contributed by atoms with Gasteiger partial charge in [0.2, 0.25) is 0 Å². The largest absolute Gasteiger partial charge is 0.496 e. The Morgan fingerprint density at radius 1 is 1.20 bits per heavy atom. The number of amides is 1. The first-order chi connectivity index (χ1) is 12.1. The third kappa shape index (κ3) is 5.19. The van der Waals surface area contributed by atoms with Crippen LogP contribution in [0.4, 0.5) is 5.69 Å². The van der Waals surface area contributed by atoms with Crippen LogP contribution in [0.5, 0.6) is 5.75 Å². The topological polar surface area (TPSA) is 53.9 Å². The van der Waals surface area contributed by atoms with Crippen LogP contribution in [0.3, 0.4) is 0 Å². The molecule has 5 nitrogen and oxygen atoms in total. The van der Waals surface area contributed by atoms with Crippen LogP contribution in [0.15, 0.2) is 47.6 Å². The third-order valence-electron chi connectivity index (χ3n) is 3.82. The summed E-state index contributed by atoms with van der Waals surface area (Å²) in [6.45, 7) is 6.21. The summed E-state index contributed by atoms with van der Waals surface area (Å²) in [6.07, 6.45) is 1.64. The number of hydrogen-bond donors (Lipinski definition) is 1. The molecule has 0 spiro atoms. The van der Waals surface area contributed by atoms with E-state index in [-0.39, 0.29) is 5.91 Å². The zero-order valence-electron chi connectivity index (χ0n) is 14.6. The summed E-state index contributed by atoms with van der Waals surface area (Å²) in [4.78, 5) is 14.4. The van der Waals surface area contributed by atoms with E-state index in [2.05, 4.69) is 64.0 Å². The average molecular weight is 451 g/mol. The van der Waals surface area contributed by atoms with Crippen LogP contribution in [0.25, 0.3) is 0 Å². The zero-order valence-corrected chi connectivity index (χ0v) is 16.8. The molecule has 0 unspecified atom stereocenters. The summed E-state index contributed by atoms with van der Waals surface area (Å²) in [6, 6.07) is 13.3. The molecule has 1 amide bonds. The summed E-state index contributed by atoms with van der Waals surface area (Å²) in [5.74, 6) is 0.491. The van der Waals surface area contributed by atoms with Crippen LogP contribution in [0.1, 0.15) is 29.8 Å². The Morgan fingerprint density at radius 2 is 1.88 bits per heavy atom. The van der Waals surface area contributed by atoms with E-state index < -0.39 is 0 Å². The molecule has 2 rings (SSSR count). The first-order valence-corrected chi connectivity index (χ1v) is 9.18. The molecule has 0 bridgehead atoms. The van der Waals surface area contributed by atoms with Crippen molar-refractivity contribution in [3.05, 3.63) is 57.2 Å². The molecule has 0 fully saturated rings. The minimum atomic E-state index is -0.253. The molecule has 132 valence electrons. The monoisotopic (exact) mass is 451 g/mol. The molecule has 6 heteroatoms. The van der Waals surface area contributed by atoms with Gasteiger partial charge in [0.25, 0.3) is 5.91 Å². The van der Waals surface area contributed by atoms with Gasteiger partial charge in [0.15, 0.2) is 0 Å². The summed E-state index contributed by atoms with van der Waals surface area (Å²) < 4.78 is 6.07. The van der Waals surface area contributed by atoms with Crippen molar-refractivity contribution in [3.8, 4) is 5.75 Å². The van der Waals surface area contributed by atoms with E-state index in [9.17, 15) is 4.79 Å². The molecule has 0 heterocycles. The smallest absolute Gasteiger partial charge is 0.271 e. The first-order valence-electron chi connectivity index (χ1n) is 8.11. The second-order valence-corrected chi connectivity index (χ2v) is 6.47. The van der Waals surface area contributed by atoms with Gasteiger partial charge in [-0.15, -0.1) is 0 Å². The minimum Gasteiger partial charge on any atom is -0.496 e. The van der Waals surface area contributed by atoms with Gasteiger partial charge in [0.05, 0.1) is 16.9 Å². The molecule has 0 aliphatic rings. The highest BCUT2D eigenvalue weighted by Crippen LogP contribution is 2.21. The molecule has 1 N–H and O–H groups in total. The van der Waals surface area contributed by atoms with Crippen molar-refractivity contribution in [3.63, 3.8) is 0 Å². The van der Waals surface area contributed by atoms with Crippen LogP contribution >= 0.6 is 22.6 Å². The highest BCUT2D eigenvalue weighted by Gasteiger charge is 2.07. The Morgan fingerprint density at radius 3 is 2.44 bits per heavy atom. The lowest BCUT2D eigenvalue weighted by molar-refractivity contribution is 0.0955. The van der Waals surface area contributed by atoms with Gasteiger partial charge >= 0.3 is 0 Å². The molecule has 0 radical (unpaired) electrons. The number of ether oxygens (including phenoxy) is 1. The number of rotatable bonds is 7. The van der Waals surface area contributed by atoms with Crippen molar-refractivity contribution in [2.45, 2.75) is 13.8 Å². The predicted octanol–water partition coefficient (Wildman–Crippen LogP) is 3.91. The quantitative estimate of drug-likeness (QED) is 0.395. The SMILES string of the molecule is CCN(CC)c1ccc(/C=N\NC(=O)c2ccc(OC)c(I)c2)cc1.